The maximum absolute atomic E-state index is 12.7. The molecule has 4 nitrogen and oxygen atoms in total. The van der Waals surface area contributed by atoms with Gasteiger partial charge in [0, 0.05) is 11.3 Å². The van der Waals surface area contributed by atoms with E-state index in [0.717, 1.165) is 19.3 Å². The summed E-state index contributed by atoms with van der Waals surface area (Å²) >= 11 is 0. The van der Waals surface area contributed by atoms with Gasteiger partial charge in [-0.25, -0.2) is 16.8 Å². The lowest BCUT2D eigenvalue weighted by atomic mass is 9.93. The fourth-order valence-electron chi connectivity index (χ4n) is 3.68. The fourth-order valence-corrected chi connectivity index (χ4v) is 7.40. The van der Waals surface area contributed by atoms with Crippen molar-refractivity contribution in [1.29, 1.82) is 0 Å². The van der Waals surface area contributed by atoms with E-state index in [1.807, 2.05) is 19.9 Å². The van der Waals surface area contributed by atoms with Crippen molar-refractivity contribution < 1.29 is 16.8 Å². The van der Waals surface area contributed by atoms with E-state index >= 15 is 0 Å². The van der Waals surface area contributed by atoms with Crippen molar-refractivity contribution in [3.05, 3.63) is 23.6 Å². The Balaban J connectivity index is 2.18. The van der Waals surface area contributed by atoms with Crippen molar-refractivity contribution >= 4 is 19.7 Å². The number of sulfone groups is 2. The van der Waals surface area contributed by atoms with Crippen LogP contribution in [0.1, 0.15) is 46.0 Å². The lowest BCUT2D eigenvalue weighted by Crippen LogP contribution is -2.34. The van der Waals surface area contributed by atoms with Crippen LogP contribution in [0.4, 0.5) is 0 Å². The predicted octanol–water partition coefficient (Wildman–Crippen LogP) is 3.12. The quantitative estimate of drug-likeness (QED) is 0.593. The summed E-state index contributed by atoms with van der Waals surface area (Å²) in [6, 6.07) is 0. The fraction of sp³-hybridized carbons (Fsp3) is 0.765. The molecule has 0 spiro atoms. The highest BCUT2D eigenvalue weighted by Gasteiger charge is 2.49. The minimum absolute atomic E-state index is 0.0508. The zero-order valence-corrected chi connectivity index (χ0v) is 15.7. The first-order chi connectivity index (χ1) is 10.8. The van der Waals surface area contributed by atoms with Gasteiger partial charge in [-0.1, -0.05) is 44.9 Å². The van der Waals surface area contributed by atoms with E-state index in [4.69, 9.17) is 0 Å². The maximum Gasteiger partial charge on any atom is 0.171 e. The second kappa shape index (κ2) is 7.51. The summed E-state index contributed by atoms with van der Waals surface area (Å²) in [4.78, 5) is 0. The van der Waals surface area contributed by atoms with Crippen LogP contribution in [0.15, 0.2) is 23.6 Å². The van der Waals surface area contributed by atoms with E-state index in [9.17, 15) is 16.8 Å². The van der Waals surface area contributed by atoms with Crippen LogP contribution in [0, 0.1) is 17.8 Å². The number of allylic oxidation sites excluding steroid dienone is 3. The Kier molecular flexibility index (Phi) is 6.11. The second-order valence-electron chi connectivity index (χ2n) is 6.76. The Labute approximate surface area is 140 Å². The normalized spacial score (nSPS) is 30.5. The van der Waals surface area contributed by atoms with Crippen molar-refractivity contribution in [3.8, 4) is 0 Å². The molecule has 2 bridgehead atoms. The molecule has 0 aliphatic heterocycles. The minimum atomic E-state index is -3.23. The van der Waals surface area contributed by atoms with E-state index < -0.39 is 24.9 Å². The lowest BCUT2D eigenvalue weighted by molar-refractivity contribution is 0.513. The van der Waals surface area contributed by atoms with Crippen LogP contribution >= 0.6 is 0 Å². The van der Waals surface area contributed by atoms with Crippen LogP contribution in [-0.2, 0) is 19.7 Å². The first kappa shape index (κ1) is 18.7. The monoisotopic (exact) mass is 360 g/mol. The summed E-state index contributed by atoms with van der Waals surface area (Å²) in [6.07, 6.45) is 9.55. The van der Waals surface area contributed by atoms with Crippen LogP contribution in [-0.4, -0.2) is 33.6 Å². The largest absolute Gasteiger partial charge is 0.229 e. The smallest absolute Gasteiger partial charge is 0.171 e. The summed E-state index contributed by atoms with van der Waals surface area (Å²) in [5.41, 5.74) is 0. The molecule has 2 rings (SSSR count). The Morgan fingerprint density at radius 1 is 0.957 bits per heavy atom. The van der Waals surface area contributed by atoms with Crippen LogP contribution in [0.2, 0.25) is 0 Å². The molecule has 0 saturated heterocycles. The van der Waals surface area contributed by atoms with E-state index in [1.54, 1.807) is 6.08 Å². The van der Waals surface area contributed by atoms with Crippen LogP contribution in [0.3, 0.4) is 0 Å². The Morgan fingerprint density at radius 3 is 2.22 bits per heavy atom. The minimum Gasteiger partial charge on any atom is -0.229 e. The highest BCUT2D eigenvalue weighted by atomic mass is 32.2. The number of hydrogen-bond acceptors (Lipinski definition) is 4. The standard InChI is InChI=1S/C17H28O4S2/c1-3-5-10-22(18,19)12-9-16-14-7-8-15(13-14)17(16)23(20,21)11-6-4-2/h7-9,12,14-17H,3-6,10-11,13H2,1-2H3/b12-9-/t14-,15+,16?,17-/m1/s1. The van der Waals surface area contributed by atoms with Gasteiger partial charge in [-0.3, -0.25) is 0 Å². The van der Waals surface area contributed by atoms with Crippen molar-refractivity contribution in [2.45, 2.75) is 51.2 Å². The average molecular weight is 361 g/mol. The molecule has 0 aromatic heterocycles. The summed E-state index contributed by atoms with van der Waals surface area (Å²) in [5.74, 6) is 0.374. The topological polar surface area (TPSA) is 68.3 Å². The molecule has 1 unspecified atom stereocenters. The third-order valence-corrected chi connectivity index (χ3v) is 8.71. The van der Waals surface area contributed by atoms with Gasteiger partial charge < -0.3 is 0 Å². The SMILES string of the molecule is CCCCS(=O)(=O)/C=C\C1[C@@H]2C=C[C@@H](C2)[C@H]1S(=O)(=O)CCCC. The lowest BCUT2D eigenvalue weighted by Gasteiger charge is -2.25. The van der Waals surface area contributed by atoms with Crippen molar-refractivity contribution in [1.82, 2.24) is 0 Å². The second-order valence-corrected chi connectivity index (χ2v) is 11.0. The van der Waals surface area contributed by atoms with Gasteiger partial charge in [0.15, 0.2) is 19.7 Å². The molecule has 2 aliphatic rings. The van der Waals surface area contributed by atoms with Crippen LogP contribution in [0.25, 0.3) is 0 Å². The van der Waals surface area contributed by atoms with Crippen molar-refractivity contribution in [2.24, 2.45) is 17.8 Å². The average Bonchev–Trinajstić information content (AvgIpc) is 3.10. The Morgan fingerprint density at radius 2 is 1.57 bits per heavy atom. The summed E-state index contributed by atoms with van der Waals surface area (Å²) in [5, 5.41) is 0.825. The molecular weight excluding hydrogens is 332 g/mol. The van der Waals surface area contributed by atoms with E-state index in [2.05, 4.69) is 6.08 Å². The van der Waals surface area contributed by atoms with Gasteiger partial charge in [0.2, 0.25) is 0 Å². The highest BCUT2D eigenvalue weighted by molar-refractivity contribution is 7.94. The Hall–Kier alpha value is -0.620. The first-order valence-electron chi connectivity index (χ1n) is 8.61. The number of hydrogen-bond donors (Lipinski definition) is 0. The molecule has 1 saturated carbocycles. The molecule has 0 heterocycles. The van der Waals surface area contributed by atoms with Crippen molar-refractivity contribution in [3.63, 3.8) is 0 Å². The van der Waals surface area contributed by atoms with Gasteiger partial charge in [-0.2, -0.15) is 0 Å². The molecule has 1 fully saturated rings. The summed E-state index contributed by atoms with van der Waals surface area (Å²) < 4.78 is 49.4. The first-order valence-corrected chi connectivity index (χ1v) is 12.0. The van der Waals surface area contributed by atoms with Gasteiger partial charge >= 0.3 is 0 Å². The zero-order chi connectivity index (χ0) is 17.1. The molecule has 0 amide bonds. The molecular formula is C17H28O4S2. The summed E-state index contributed by atoms with van der Waals surface area (Å²) in [7, 11) is -6.42. The van der Waals surface area contributed by atoms with Gasteiger partial charge in [-0.15, -0.1) is 0 Å². The summed E-state index contributed by atoms with van der Waals surface area (Å²) in [6.45, 7) is 3.93. The van der Waals surface area contributed by atoms with E-state index in [1.165, 1.54) is 5.41 Å². The number of fused-ring (bicyclic) bond motifs is 2. The Bertz CT molecular complexity index is 659. The molecule has 23 heavy (non-hydrogen) atoms. The highest BCUT2D eigenvalue weighted by Crippen LogP contribution is 2.48. The maximum atomic E-state index is 12.7. The van der Waals surface area contributed by atoms with Gasteiger partial charge in [0.1, 0.15) is 0 Å². The zero-order valence-electron chi connectivity index (χ0n) is 14.0. The van der Waals surface area contributed by atoms with Crippen LogP contribution in [0.5, 0.6) is 0 Å². The number of rotatable bonds is 9. The molecule has 2 aliphatic carbocycles. The van der Waals surface area contributed by atoms with Crippen LogP contribution < -0.4 is 0 Å². The molecule has 0 radical (unpaired) electrons. The van der Waals surface area contributed by atoms with E-state index in [0.29, 0.717) is 12.8 Å². The molecule has 4 atom stereocenters. The van der Waals surface area contributed by atoms with Gasteiger partial charge in [0.25, 0.3) is 0 Å². The third-order valence-electron chi connectivity index (χ3n) is 4.93. The molecule has 0 aromatic rings. The molecule has 132 valence electrons. The van der Waals surface area contributed by atoms with Gasteiger partial charge in [-0.05, 0) is 31.1 Å². The number of unbranched alkanes of at least 4 members (excludes halogenated alkanes) is 2. The van der Waals surface area contributed by atoms with Gasteiger partial charge in [0.05, 0.1) is 16.8 Å². The molecule has 0 N–H and O–H groups in total. The predicted molar refractivity (Wildman–Crippen MR) is 94.5 cm³/mol. The van der Waals surface area contributed by atoms with Crippen molar-refractivity contribution in [2.75, 3.05) is 11.5 Å². The molecule has 0 aromatic carbocycles. The molecule has 6 heteroatoms. The van der Waals surface area contributed by atoms with E-state index in [-0.39, 0.29) is 29.3 Å². The third kappa shape index (κ3) is 4.47.